The van der Waals surface area contributed by atoms with Gasteiger partial charge in [0.2, 0.25) is 0 Å². The summed E-state index contributed by atoms with van der Waals surface area (Å²) < 4.78 is 10.3. The summed E-state index contributed by atoms with van der Waals surface area (Å²) in [6.07, 6.45) is 0.944. The molecule has 0 saturated heterocycles. The smallest absolute Gasteiger partial charge is 0.168 e. The maximum atomic E-state index is 5.34. The van der Waals surface area contributed by atoms with Crippen molar-refractivity contribution in [2.75, 3.05) is 34.4 Å². The minimum atomic E-state index is 0.722. The lowest BCUT2D eigenvalue weighted by Crippen LogP contribution is -2.37. The Hall–Kier alpha value is -1.33. The zero-order chi connectivity index (χ0) is 14.1. The van der Waals surface area contributed by atoms with Crippen LogP contribution in [-0.4, -0.2) is 44.4 Å². The Morgan fingerprint density at radius 3 is 2.74 bits per heavy atom. The summed E-state index contributed by atoms with van der Waals surface area (Å²) in [5, 5.41) is 3.95. The molecule has 0 bridgehead atoms. The van der Waals surface area contributed by atoms with Crippen LogP contribution in [0.25, 0.3) is 0 Å². The maximum Gasteiger partial charge on any atom is 0.168 e. The normalized spacial score (nSPS) is 10.1. The van der Waals surface area contributed by atoms with Gasteiger partial charge in [-0.1, -0.05) is 18.2 Å². The molecule has 0 heterocycles. The van der Waals surface area contributed by atoms with Gasteiger partial charge in [0, 0.05) is 39.4 Å². The molecule has 0 aliphatic carbocycles. The number of hydrogen-bond acceptors (Lipinski definition) is 3. The van der Waals surface area contributed by atoms with E-state index >= 15 is 0 Å². The number of nitrogens with one attached hydrogen (secondary N) is 1. The van der Waals surface area contributed by atoms with E-state index in [9.17, 15) is 0 Å². The molecule has 106 valence electrons. The largest absolute Gasteiger partial charge is 0.496 e. The summed E-state index contributed by atoms with van der Waals surface area (Å²) >= 11 is 5.34. The van der Waals surface area contributed by atoms with Crippen LogP contribution >= 0.6 is 12.2 Å². The first kappa shape index (κ1) is 15.7. The van der Waals surface area contributed by atoms with Crippen LogP contribution < -0.4 is 10.1 Å². The molecule has 0 atom stereocenters. The monoisotopic (exact) mass is 282 g/mol. The molecule has 0 fully saturated rings. The number of ether oxygens (including phenoxy) is 2. The average Bonchev–Trinajstić information content (AvgIpc) is 2.44. The van der Waals surface area contributed by atoms with Crippen LogP contribution in [0.15, 0.2) is 24.3 Å². The van der Waals surface area contributed by atoms with Gasteiger partial charge in [-0.2, -0.15) is 0 Å². The van der Waals surface area contributed by atoms with Crippen molar-refractivity contribution in [2.45, 2.75) is 13.0 Å². The van der Waals surface area contributed by atoms with E-state index in [2.05, 4.69) is 5.32 Å². The summed E-state index contributed by atoms with van der Waals surface area (Å²) in [6.45, 7) is 2.29. The third-order valence-corrected chi connectivity index (χ3v) is 3.20. The number of nitrogens with zero attached hydrogens (tertiary/aromatic N) is 1. The Kier molecular flexibility index (Phi) is 7.22. The van der Waals surface area contributed by atoms with Crippen molar-refractivity contribution in [1.82, 2.24) is 10.2 Å². The van der Waals surface area contributed by atoms with Crippen molar-refractivity contribution in [1.29, 1.82) is 0 Å². The first-order chi connectivity index (χ1) is 9.19. The van der Waals surface area contributed by atoms with Gasteiger partial charge in [0.1, 0.15) is 5.75 Å². The molecule has 4 nitrogen and oxygen atoms in total. The molecule has 0 radical (unpaired) electrons. The SMILES string of the molecule is COCCCNC(=S)N(C)Cc1ccccc1OC. The summed E-state index contributed by atoms with van der Waals surface area (Å²) in [6, 6.07) is 7.96. The Morgan fingerprint density at radius 1 is 1.32 bits per heavy atom. The second kappa shape index (κ2) is 8.72. The lowest BCUT2D eigenvalue weighted by atomic mass is 10.2. The summed E-state index contributed by atoms with van der Waals surface area (Å²) in [7, 11) is 5.35. The average molecular weight is 282 g/mol. The molecule has 0 aromatic heterocycles. The molecule has 0 spiro atoms. The van der Waals surface area contributed by atoms with Crippen molar-refractivity contribution in [3.63, 3.8) is 0 Å². The first-order valence-electron chi connectivity index (χ1n) is 6.28. The number of methoxy groups -OCH3 is 2. The molecule has 0 saturated carbocycles. The quantitative estimate of drug-likeness (QED) is 0.611. The van der Waals surface area contributed by atoms with E-state index in [0.717, 1.165) is 42.5 Å². The van der Waals surface area contributed by atoms with Crippen molar-refractivity contribution in [3.05, 3.63) is 29.8 Å². The van der Waals surface area contributed by atoms with Gasteiger partial charge in [0.15, 0.2) is 5.11 Å². The van der Waals surface area contributed by atoms with E-state index in [4.69, 9.17) is 21.7 Å². The Balaban J connectivity index is 2.45. The van der Waals surface area contributed by atoms with Crippen LogP contribution in [0.2, 0.25) is 0 Å². The van der Waals surface area contributed by atoms with E-state index in [-0.39, 0.29) is 0 Å². The van der Waals surface area contributed by atoms with Gasteiger partial charge < -0.3 is 19.7 Å². The summed E-state index contributed by atoms with van der Waals surface area (Å²) in [5.74, 6) is 0.886. The summed E-state index contributed by atoms with van der Waals surface area (Å²) in [4.78, 5) is 2.00. The lowest BCUT2D eigenvalue weighted by Gasteiger charge is -2.22. The highest BCUT2D eigenvalue weighted by atomic mass is 32.1. The van der Waals surface area contributed by atoms with Crippen molar-refractivity contribution < 1.29 is 9.47 Å². The van der Waals surface area contributed by atoms with Gasteiger partial charge in [-0.15, -0.1) is 0 Å². The molecule has 19 heavy (non-hydrogen) atoms. The van der Waals surface area contributed by atoms with Gasteiger partial charge in [0.25, 0.3) is 0 Å². The molecule has 0 aliphatic heterocycles. The molecule has 1 rings (SSSR count). The summed E-state index contributed by atoms with van der Waals surface area (Å²) in [5.41, 5.74) is 1.12. The number of thiocarbonyl (C=S) groups is 1. The fourth-order valence-corrected chi connectivity index (χ4v) is 1.87. The van der Waals surface area contributed by atoms with Crippen LogP contribution in [0.4, 0.5) is 0 Å². The van der Waals surface area contributed by atoms with Crippen LogP contribution in [-0.2, 0) is 11.3 Å². The van der Waals surface area contributed by atoms with E-state index in [1.54, 1.807) is 14.2 Å². The number of para-hydroxylation sites is 1. The van der Waals surface area contributed by atoms with Gasteiger partial charge in [0.05, 0.1) is 7.11 Å². The van der Waals surface area contributed by atoms with Crippen molar-refractivity contribution in [2.24, 2.45) is 0 Å². The zero-order valence-corrected chi connectivity index (χ0v) is 12.6. The highest BCUT2D eigenvalue weighted by Crippen LogP contribution is 2.18. The minimum Gasteiger partial charge on any atom is -0.496 e. The molecule has 1 N–H and O–H groups in total. The van der Waals surface area contributed by atoms with Gasteiger partial charge >= 0.3 is 0 Å². The number of benzene rings is 1. The van der Waals surface area contributed by atoms with Crippen LogP contribution in [0.1, 0.15) is 12.0 Å². The molecular formula is C14H22N2O2S. The highest BCUT2D eigenvalue weighted by molar-refractivity contribution is 7.80. The topological polar surface area (TPSA) is 33.7 Å². The van der Waals surface area contributed by atoms with E-state index in [1.165, 1.54) is 0 Å². The molecule has 1 aromatic carbocycles. The Labute approximate surface area is 120 Å². The molecule has 0 unspecified atom stereocenters. The fraction of sp³-hybridized carbons (Fsp3) is 0.500. The zero-order valence-electron chi connectivity index (χ0n) is 11.8. The predicted molar refractivity (Wildman–Crippen MR) is 81.6 cm³/mol. The minimum absolute atomic E-state index is 0.722. The van der Waals surface area contributed by atoms with E-state index in [1.807, 2.05) is 36.2 Å². The van der Waals surface area contributed by atoms with Crippen LogP contribution in [0.5, 0.6) is 5.75 Å². The molecule has 1 aromatic rings. The maximum absolute atomic E-state index is 5.34. The molecule has 0 aliphatic rings. The van der Waals surface area contributed by atoms with Crippen molar-refractivity contribution in [3.8, 4) is 5.75 Å². The lowest BCUT2D eigenvalue weighted by molar-refractivity contribution is 0.195. The van der Waals surface area contributed by atoms with E-state index in [0.29, 0.717) is 0 Å². The first-order valence-corrected chi connectivity index (χ1v) is 6.69. The fourth-order valence-electron chi connectivity index (χ4n) is 1.71. The molecular weight excluding hydrogens is 260 g/mol. The second-order valence-electron chi connectivity index (χ2n) is 4.25. The highest BCUT2D eigenvalue weighted by Gasteiger charge is 2.08. The molecule has 0 amide bonds. The predicted octanol–water partition coefficient (Wildman–Crippen LogP) is 2.04. The van der Waals surface area contributed by atoms with Gasteiger partial charge in [-0.05, 0) is 24.7 Å². The molecule has 5 heteroatoms. The third kappa shape index (κ3) is 5.44. The van der Waals surface area contributed by atoms with Crippen LogP contribution in [0, 0.1) is 0 Å². The van der Waals surface area contributed by atoms with Crippen LogP contribution in [0.3, 0.4) is 0 Å². The van der Waals surface area contributed by atoms with Gasteiger partial charge in [-0.25, -0.2) is 0 Å². The second-order valence-corrected chi connectivity index (χ2v) is 4.63. The van der Waals surface area contributed by atoms with Crippen molar-refractivity contribution >= 4 is 17.3 Å². The number of hydrogen-bond donors (Lipinski definition) is 1. The Bertz CT molecular complexity index is 399. The third-order valence-electron chi connectivity index (χ3n) is 2.75. The van der Waals surface area contributed by atoms with E-state index < -0.39 is 0 Å². The van der Waals surface area contributed by atoms with Gasteiger partial charge in [-0.3, -0.25) is 0 Å². The standard InChI is InChI=1S/C14H22N2O2S/c1-16(14(19)15-9-6-10-17-2)11-12-7-4-5-8-13(12)18-3/h4-5,7-8H,6,9-11H2,1-3H3,(H,15,19). The Morgan fingerprint density at radius 2 is 2.05 bits per heavy atom. The number of rotatable bonds is 7.